The normalized spacial score (nSPS) is 29.2. The van der Waals surface area contributed by atoms with Crippen molar-refractivity contribution in [2.24, 2.45) is 11.8 Å². The summed E-state index contributed by atoms with van der Waals surface area (Å²) in [6, 6.07) is 10.7. The molecule has 0 saturated heterocycles. The molecule has 3 unspecified atom stereocenters. The third kappa shape index (κ3) is 4.33. The van der Waals surface area contributed by atoms with E-state index in [0.29, 0.717) is 0 Å². The second kappa shape index (κ2) is 6.84. The van der Waals surface area contributed by atoms with E-state index in [-0.39, 0.29) is 0 Å². The molecule has 17 heavy (non-hydrogen) atoms. The molecule has 2 rings (SSSR count). The number of rotatable bonds is 4. The van der Waals surface area contributed by atoms with Crippen molar-refractivity contribution in [2.75, 3.05) is 5.75 Å². The maximum Gasteiger partial charge on any atom is 0.0174 e. The van der Waals surface area contributed by atoms with Crippen LogP contribution in [-0.4, -0.2) is 10.6 Å². The van der Waals surface area contributed by atoms with Crippen molar-refractivity contribution in [1.82, 2.24) is 0 Å². The molecule has 2 heteroatoms. The molecular weight excluding hydrogens is 292 g/mol. The zero-order valence-corrected chi connectivity index (χ0v) is 12.8. The minimum Gasteiger partial charge on any atom is -0.126 e. The van der Waals surface area contributed by atoms with Crippen LogP contribution < -0.4 is 0 Å². The smallest absolute Gasteiger partial charge is 0.0174 e. The van der Waals surface area contributed by atoms with Crippen molar-refractivity contribution in [3.8, 4) is 0 Å². The van der Waals surface area contributed by atoms with Crippen LogP contribution >= 0.6 is 27.7 Å². The molecule has 1 aliphatic carbocycles. The van der Waals surface area contributed by atoms with Crippen molar-refractivity contribution >= 4 is 27.7 Å². The van der Waals surface area contributed by atoms with Crippen molar-refractivity contribution in [3.05, 3.63) is 30.3 Å². The molecule has 0 radical (unpaired) electrons. The topological polar surface area (TPSA) is 0 Å². The molecule has 1 aliphatic rings. The zero-order chi connectivity index (χ0) is 12.1. The second-order valence-corrected chi connectivity index (χ2v) is 7.49. The monoisotopic (exact) mass is 312 g/mol. The molecular formula is C15H21BrS. The fourth-order valence-corrected chi connectivity index (χ4v) is 4.36. The van der Waals surface area contributed by atoms with Crippen LogP contribution in [0.25, 0.3) is 0 Å². The lowest BCUT2D eigenvalue weighted by atomic mass is 9.81. The Balaban J connectivity index is 1.74. The Kier molecular flexibility index (Phi) is 5.43. The fraction of sp³-hybridized carbons (Fsp3) is 0.600. The number of hydrogen-bond acceptors (Lipinski definition) is 1. The largest absolute Gasteiger partial charge is 0.126 e. The van der Waals surface area contributed by atoms with E-state index in [1.54, 1.807) is 0 Å². The van der Waals surface area contributed by atoms with Crippen molar-refractivity contribution in [1.29, 1.82) is 0 Å². The molecule has 0 aliphatic heterocycles. The summed E-state index contributed by atoms with van der Waals surface area (Å²) in [7, 11) is 0. The number of hydrogen-bond donors (Lipinski definition) is 0. The Morgan fingerprint density at radius 1 is 1.24 bits per heavy atom. The highest BCUT2D eigenvalue weighted by atomic mass is 79.9. The summed E-state index contributed by atoms with van der Waals surface area (Å²) in [6.07, 6.45) is 5.52. The summed E-state index contributed by atoms with van der Waals surface area (Å²) in [6.45, 7) is 2.40. The average Bonchev–Trinajstić information content (AvgIpc) is 2.35. The summed E-state index contributed by atoms with van der Waals surface area (Å²) in [5.41, 5.74) is 0. The Labute approximate surface area is 118 Å². The second-order valence-electron chi connectivity index (χ2n) is 5.14. The predicted octanol–water partition coefficient (Wildman–Crippen LogP) is 5.37. The lowest BCUT2D eigenvalue weighted by Crippen LogP contribution is -2.24. The summed E-state index contributed by atoms with van der Waals surface area (Å²) in [4.78, 5) is 2.16. The molecule has 1 saturated carbocycles. The van der Waals surface area contributed by atoms with Crippen molar-refractivity contribution < 1.29 is 0 Å². The highest BCUT2D eigenvalue weighted by molar-refractivity contribution is 9.09. The third-order valence-corrected chi connectivity index (χ3v) is 5.90. The summed E-state index contributed by atoms with van der Waals surface area (Å²) < 4.78 is 0. The van der Waals surface area contributed by atoms with Gasteiger partial charge in [-0.3, -0.25) is 0 Å². The van der Waals surface area contributed by atoms with E-state index >= 15 is 0 Å². The average molecular weight is 313 g/mol. The van der Waals surface area contributed by atoms with E-state index in [9.17, 15) is 0 Å². The van der Waals surface area contributed by atoms with Gasteiger partial charge in [-0.2, -0.15) is 0 Å². The van der Waals surface area contributed by atoms with Gasteiger partial charge in [0.2, 0.25) is 0 Å². The number of alkyl halides is 1. The van der Waals surface area contributed by atoms with Gasteiger partial charge < -0.3 is 0 Å². The standard InChI is InChI=1S/C15H21BrS/c1-12-7-8-15(16)13(11-12)9-10-17-14-5-3-2-4-6-14/h2-6,12-13,15H,7-11H2,1H3. The predicted molar refractivity (Wildman–Crippen MR) is 81.0 cm³/mol. The minimum atomic E-state index is 0.759. The van der Waals surface area contributed by atoms with Gasteiger partial charge in [-0.25, -0.2) is 0 Å². The third-order valence-electron chi connectivity index (χ3n) is 3.65. The molecule has 0 heterocycles. The van der Waals surface area contributed by atoms with Crippen molar-refractivity contribution in [2.45, 2.75) is 42.3 Å². The van der Waals surface area contributed by atoms with Crippen LogP contribution in [0.1, 0.15) is 32.6 Å². The van der Waals surface area contributed by atoms with E-state index in [1.807, 2.05) is 11.8 Å². The van der Waals surface area contributed by atoms with Crippen LogP contribution in [0.2, 0.25) is 0 Å². The first-order valence-electron chi connectivity index (χ1n) is 6.57. The van der Waals surface area contributed by atoms with E-state index in [0.717, 1.165) is 16.7 Å². The van der Waals surface area contributed by atoms with Gasteiger partial charge in [-0.05, 0) is 55.4 Å². The van der Waals surface area contributed by atoms with Crippen LogP contribution in [0.3, 0.4) is 0 Å². The van der Waals surface area contributed by atoms with E-state index in [1.165, 1.54) is 36.3 Å². The number of halogens is 1. The molecule has 1 aromatic rings. The van der Waals surface area contributed by atoms with Crippen LogP contribution in [0, 0.1) is 11.8 Å². The van der Waals surface area contributed by atoms with Crippen LogP contribution in [0.4, 0.5) is 0 Å². The lowest BCUT2D eigenvalue weighted by Gasteiger charge is -2.31. The summed E-state index contributed by atoms with van der Waals surface area (Å²) >= 11 is 5.86. The number of benzene rings is 1. The van der Waals surface area contributed by atoms with Gasteiger partial charge >= 0.3 is 0 Å². The highest BCUT2D eigenvalue weighted by Gasteiger charge is 2.26. The molecule has 0 nitrogen and oxygen atoms in total. The van der Waals surface area contributed by atoms with E-state index < -0.39 is 0 Å². The highest BCUT2D eigenvalue weighted by Crippen LogP contribution is 2.36. The van der Waals surface area contributed by atoms with E-state index in [2.05, 4.69) is 53.2 Å². The quantitative estimate of drug-likeness (QED) is 0.532. The Hall–Kier alpha value is 0.0500. The van der Waals surface area contributed by atoms with Gasteiger partial charge in [0.1, 0.15) is 0 Å². The Morgan fingerprint density at radius 3 is 2.76 bits per heavy atom. The molecule has 0 amide bonds. The first kappa shape index (κ1) is 13.5. The number of thioether (sulfide) groups is 1. The van der Waals surface area contributed by atoms with Gasteiger partial charge in [0.15, 0.2) is 0 Å². The molecule has 1 fully saturated rings. The van der Waals surface area contributed by atoms with Crippen LogP contribution in [0.5, 0.6) is 0 Å². The molecule has 0 bridgehead atoms. The zero-order valence-electron chi connectivity index (χ0n) is 10.4. The Morgan fingerprint density at radius 2 is 2.00 bits per heavy atom. The van der Waals surface area contributed by atoms with Gasteiger partial charge in [0, 0.05) is 9.72 Å². The molecule has 0 spiro atoms. The first-order valence-corrected chi connectivity index (χ1v) is 8.47. The van der Waals surface area contributed by atoms with Crippen LogP contribution in [0.15, 0.2) is 35.2 Å². The molecule has 0 aromatic heterocycles. The molecule has 0 N–H and O–H groups in total. The van der Waals surface area contributed by atoms with Gasteiger partial charge in [0.25, 0.3) is 0 Å². The van der Waals surface area contributed by atoms with E-state index in [4.69, 9.17) is 0 Å². The minimum absolute atomic E-state index is 0.759. The first-order chi connectivity index (χ1) is 8.25. The SMILES string of the molecule is CC1CCC(Br)C(CCSc2ccccc2)C1. The maximum atomic E-state index is 3.86. The van der Waals surface area contributed by atoms with Crippen molar-refractivity contribution in [3.63, 3.8) is 0 Å². The lowest BCUT2D eigenvalue weighted by molar-refractivity contribution is 0.291. The molecule has 3 atom stereocenters. The van der Waals surface area contributed by atoms with Gasteiger partial charge in [0.05, 0.1) is 0 Å². The Bertz CT molecular complexity index is 325. The fourth-order valence-electron chi connectivity index (χ4n) is 2.61. The molecule has 94 valence electrons. The summed E-state index contributed by atoms with van der Waals surface area (Å²) in [5, 5.41) is 0. The van der Waals surface area contributed by atoms with Gasteiger partial charge in [-0.15, -0.1) is 11.8 Å². The maximum absolute atomic E-state index is 3.86. The molecule has 1 aromatic carbocycles. The summed E-state index contributed by atoms with van der Waals surface area (Å²) in [5.74, 6) is 3.06. The van der Waals surface area contributed by atoms with Gasteiger partial charge in [-0.1, -0.05) is 41.1 Å². The van der Waals surface area contributed by atoms with Crippen LogP contribution in [-0.2, 0) is 0 Å².